The number of benzene rings is 2. The van der Waals surface area contributed by atoms with E-state index in [9.17, 15) is 9.59 Å². The van der Waals surface area contributed by atoms with E-state index in [2.05, 4.69) is 5.32 Å². The molecule has 2 aromatic carbocycles. The molecule has 0 bridgehead atoms. The maximum Gasteiger partial charge on any atom is 0.243 e. The lowest BCUT2D eigenvalue weighted by atomic mass is 9.95. The first-order chi connectivity index (χ1) is 15.9. The molecule has 0 radical (unpaired) electrons. The highest BCUT2D eigenvalue weighted by Gasteiger charge is 2.30. The lowest BCUT2D eigenvalue weighted by Gasteiger charge is -2.33. The van der Waals surface area contributed by atoms with Crippen LogP contribution < -0.4 is 10.1 Å². The Morgan fingerprint density at radius 1 is 1.09 bits per heavy atom. The van der Waals surface area contributed by atoms with Crippen molar-refractivity contribution in [3.8, 4) is 5.75 Å². The molecule has 2 aromatic rings. The highest BCUT2D eigenvalue weighted by molar-refractivity contribution is 6.35. The fraction of sp³-hybridized carbons (Fsp3) is 0.462. The molecule has 0 aromatic heterocycles. The first-order valence-corrected chi connectivity index (χ1v) is 12.3. The van der Waals surface area contributed by atoms with Gasteiger partial charge in [0.1, 0.15) is 11.8 Å². The molecule has 33 heavy (non-hydrogen) atoms. The standard InChI is InChI=1S/C26H32Cl2N2O3/c1-3-24(26(32)29-21-7-5-4-6-8-21)30(17-18-9-13-22(33-2)14-10-18)25(31)15-19-11-12-20(27)16-23(19)28/h9-14,16,21,24H,3-8,15,17H2,1-2H3,(H,29,32). The first-order valence-electron chi connectivity index (χ1n) is 11.6. The molecular formula is C26H32Cl2N2O3. The van der Waals surface area contributed by atoms with Crippen molar-refractivity contribution in [2.45, 2.75) is 70.5 Å². The van der Waals surface area contributed by atoms with Gasteiger partial charge >= 0.3 is 0 Å². The summed E-state index contributed by atoms with van der Waals surface area (Å²) in [5, 5.41) is 4.16. The van der Waals surface area contributed by atoms with Gasteiger partial charge in [-0.2, -0.15) is 0 Å². The minimum Gasteiger partial charge on any atom is -0.497 e. The third-order valence-corrected chi connectivity index (χ3v) is 6.79. The van der Waals surface area contributed by atoms with Crippen LogP contribution in [0.25, 0.3) is 0 Å². The number of methoxy groups -OCH3 is 1. The van der Waals surface area contributed by atoms with E-state index in [0.29, 0.717) is 28.6 Å². The molecule has 7 heteroatoms. The number of ether oxygens (including phenoxy) is 1. The van der Waals surface area contributed by atoms with Crippen LogP contribution in [0.4, 0.5) is 0 Å². The van der Waals surface area contributed by atoms with Gasteiger partial charge in [-0.3, -0.25) is 9.59 Å². The molecule has 1 unspecified atom stereocenters. The smallest absolute Gasteiger partial charge is 0.243 e. The summed E-state index contributed by atoms with van der Waals surface area (Å²) in [5.41, 5.74) is 1.61. The minimum absolute atomic E-state index is 0.0894. The van der Waals surface area contributed by atoms with Crippen molar-refractivity contribution in [1.29, 1.82) is 0 Å². The van der Waals surface area contributed by atoms with Gasteiger partial charge in [-0.1, -0.05) is 67.6 Å². The Balaban J connectivity index is 1.82. The second-order valence-corrected chi connectivity index (χ2v) is 9.39. The van der Waals surface area contributed by atoms with Crippen LogP contribution in [-0.4, -0.2) is 35.9 Å². The number of halogens is 2. The van der Waals surface area contributed by atoms with Crippen molar-refractivity contribution in [1.82, 2.24) is 10.2 Å². The third kappa shape index (κ3) is 7.12. The number of amides is 2. The van der Waals surface area contributed by atoms with Crippen LogP contribution in [0.5, 0.6) is 5.75 Å². The van der Waals surface area contributed by atoms with E-state index in [1.54, 1.807) is 30.2 Å². The zero-order chi connectivity index (χ0) is 23.8. The van der Waals surface area contributed by atoms with E-state index in [1.165, 1.54) is 6.42 Å². The van der Waals surface area contributed by atoms with Gasteiger partial charge in [0.25, 0.3) is 0 Å². The molecule has 1 saturated carbocycles. The Kier molecular flexibility index (Phi) is 9.45. The summed E-state index contributed by atoms with van der Waals surface area (Å²) in [5.74, 6) is 0.501. The van der Waals surface area contributed by atoms with Crippen molar-refractivity contribution in [3.63, 3.8) is 0 Å². The molecule has 0 spiro atoms. The van der Waals surface area contributed by atoms with Gasteiger partial charge in [0.15, 0.2) is 0 Å². The summed E-state index contributed by atoms with van der Waals surface area (Å²) in [4.78, 5) is 28.4. The topological polar surface area (TPSA) is 58.6 Å². The second-order valence-electron chi connectivity index (χ2n) is 8.55. The van der Waals surface area contributed by atoms with Gasteiger partial charge in [-0.25, -0.2) is 0 Å². The second kappa shape index (κ2) is 12.3. The molecule has 1 aliphatic rings. The van der Waals surface area contributed by atoms with Crippen LogP contribution in [0.3, 0.4) is 0 Å². The van der Waals surface area contributed by atoms with Gasteiger partial charge in [0.05, 0.1) is 13.5 Å². The Labute approximate surface area is 206 Å². The first kappa shape index (κ1) is 25.4. The molecule has 0 aliphatic heterocycles. The van der Waals surface area contributed by atoms with Crippen LogP contribution in [0.1, 0.15) is 56.6 Å². The highest BCUT2D eigenvalue weighted by Crippen LogP contribution is 2.24. The SMILES string of the molecule is CCC(C(=O)NC1CCCCC1)N(Cc1ccc(OC)cc1)C(=O)Cc1ccc(Cl)cc1Cl. The minimum atomic E-state index is -0.562. The monoisotopic (exact) mass is 490 g/mol. The Hall–Kier alpha value is -2.24. The summed E-state index contributed by atoms with van der Waals surface area (Å²) < 4.78 is 5.24. The van der Waals surface area contributed by atoms with Crippen molar-refractivity contribution < 1.29 is 14.3 Å². The van der Waals surface area contributed by atoms with Crippen molar-refractivity contribution in [3.05, 3.63) is 63.6 Å². The van der Waals surface area contributed by atoms with E-state index in [4.69, 9.17) is 27.9 Å². The summed E-state index contributed by atoms with van der Waals surface area (Å²) >= 11 is 12.3. The van der Waals surface area contributed by atoms with Crippen LogP contribution in [0.15, 0.2) is 42.5 Å². The third-order valence-electron chi connectivity index (χ3n) is 6.21. The largest absolute Gasteiger partial charge is 0.497 e. The Morgan fingerprint density at radius 3 is 2.39 bits per heavy atom. The number of hydrogen-bond donors (Lipinski definition) is 1. The molecule has 1 atom stereocenters. The van der Waals surface area contributed by atoms with Crippen LogP contribution in [0, 0.1) is 0 Å². The van der Waals surface area contributed by atoms with Crippen molar-refractivity contribution in [2.75, 3.05) is 7.11 Å². The highest BCUT2D eigenvalue weighted by atomic mass is 35.5. The molecule has 1 N–H and O–H groups in total. The van der Waals surface area contributed by atoms with E-state index in [1.807, 2.05) is 31.2 Å². The molecule has 2 amide bonds. The number of carbonyl (C=O) groups excluding carboxylic acids is 2. The summed E-state index contributed by atoms with van der Waals surface area (Å²) in [6, 6.07) is 12.3. The fourth-order valence-corrected chi connectivity index (χ4v) is 4.80. The predicted octanol–water partition coefficient (Wildman–Crippen LogP) is 5.80. The van der Waals surface area contributed by atoms with E-state index in [0.717, 1.165) is 37.0 Å². The maximum atomic E-state index is 13.5. The van der Waals surface area contributed by atoms with Crippen LogP contribution in [-0.2, 0) is 22.6 Å². The molecule has 3 rings (SSSR count). The average Bonchev–Trinajstić information content (AvgIpc) is 2.81. The number of hydrogen-bond acceptors (Lipinski definition) is 3. The molecule has 5 nitrogen and oxygen atoms in total. The van der Waals surface area contributed by atoms with Gasteiger partial charge in [0.2, 0.25) is 11.8 Å². The fourth-order valence-electron chi connectivity index (χ4n) is 4.32. The average molecular weight is 491 g/mol. The van der Waals surface area contributed by atoms with Gasteiger partial charge in [0, 0.05) is 22.6 Å². The maximum absolute atomic E-state index is 13.5. The van der Waals surface area contributed by atoms with E-state index in [-0.39, 0.29) is 24.3 Å². The normalized spacial score (nSPS) is 15.0. The molecule has 0 saturated heterocycles. The Morgan fingerprint density at radius 2 is 1.79 bits per heavy atom. The predicted molar refractivity (Wildman–Crippen MR) is 133 cm³/mol. The Bertz CT molecular complexity index is 943. The lowest BCUT2D eigenvalue weighted by molar-refractivity contribution is -0.141. The quantitative estimate of drug-likeness (QED) is 0.482. The van der Waals surface area contributed by atoms with E-state index >= 15 is 0 Å². The van der Waals surface area contributed by atoms with Gasteiger partial charge in [-0.05, 0) is 54.7 Å². The number of rotatable bonds is 9. The number of carbonyl (C=O) groups is 2. The van der Waals surface area contributed by atoms with E-state index < -0.39 is 6.04 Å². The van der Waals surface area contributed by atoms with Gasteiger partial charge in [-0.15, -0.1) is 0 Å². The summed E-state index contributed by atoms with van der Waals surface area (Å²) in [7, 11) is 1.61. The molecular weight excluding hydrogens is 459 g/mol. The number of nitrogens with one attached hydrogen (secondary N) is 1. The summed E-state index contributed by atoms with van der Waals surface area (Å²) in [6.45, 7) is 2.26. The molecule has 0 heterocycles. The van der Waals surface area contributed by atoms with Gasteiger partial charge < -0.3 is 15.0 Å². The number of nitrogens with zero attached hydrogens (tertiary/aromatic N) is 1. The zero-order valence-electron chi connectivity index (χ0n) is 19.3. The lowest BCUT2D eigenvalue weighted by Crippen LogP contribution is -2.52. The van der Waals surface area contributed by atoms with Crippen molar-refractivity contribution >= 4 is 35.0 Å². The van der Waals surface area contributed by atoms with Crippen molar-refractivity contribution in [2.24, 2.45) is 0 Å². The molecule has 1 aliphatic carbocycles. The van der Waals surface area contributed by atoms with Crippen LogP contribution in [0.2, 0.25) is 10.0 Å². The van der Waals surface area contributed by atoms with Crippen LogP contribution >= 0.6 is 23.2 Å². The zero-order valence-corrected chi connectivity index (χ0v) is 20.8. The summed E-state index contributed by atoms with van der Waals surface area (Å²) in [6.07, 6.45) is 6.09. The molecule has 1 fully saturated rings. The molecule has 178 valence electrons.